The van der Waals surface area contributed by atoms with Crippen molar-refractivity contribution in [3.8, 4) is 0 Å². The van der Waals surface area contributed by atoms with Crippen molar-refractivity contribution in [1.29, 1.82) is 0 Å². The van der Waals surface area contributed by atoms with Crippen molar-refractivity contribution in [2.75, 3.05) is 19.6 Å². The summed E-state index contributed by atoms with van der Waals surface area (Å²) in [6.07, 6.45) is 13.4. The van der Waals surface area contributed by atoms with Gasteiger partial charge in [0, 0.05) is 50.7 Å². The highest BCUT2D eigenvalue weighted by Gasteiger charge is 2.26. The second-order valence-corrected chi connectivity index (χ2v) is 8.90. The van der Waals surface area contributed by atoms with E-state index in [-0.39, 0.29) is 0 Å². The molecule has 6 nitrogen and oxygen atoms in total. The van der Waals surface area contributed by atoms with Crippen molar-refractivity contribution < 1.29 is 0 Å². The van der Waals surface area contributed by atoms with Crippen molar-refractivity contribution in [1.82, 2.24) is 25.1 Å². The van der Waals surface area contributed by atoms with E-state index in [9.17, 15) is 0 Å². The smallest absolute Gasteiger partial charge is 0.191 e. The summed E-state index contributed by atoms with van der Waals surface area (Å²) in [5.41, 5.74) is 1.28. The summed E-state index contributed by atoms with van der Waals surface area (Å²) >= 11 is 0. The standard InChI is InChI=1S/C25H38N6/c1-2-26-25(29-22-13-16-30(17-14-22)23-11-7-4-8-12-23)28-19-24-27-15-18-31(24)20-21-9-5-3-6-10-21/h3,5-6,9-10,15,18,22-23H,2,4,7-8,11-14,16-17,19-20H2,1H3,(H2,26,28,29). The molecule has 4 rings (SSSR count). The summed E-state index contributed by atoms with van der Waals surface area (Å²) in [4.78, 5) is 12.1. The van der Waals surface area contributed by atoms with E-state index in [2.05, 4.69) is 62.3 Å². The quantitative estimate of drug-likeness (QED) is 0.527. The van der Waals surface area contributed by atoms with E-state index in [1.165, 1.54) is 63.6 Å². The van der Waals surface area contributed by atoms with Crippen molar-refractivity contribution in [3.63, 3.8) is 0 Å². The van der Waals surface area contributed by atoms with Crippen LogP contribution in [0.2, 0.25) is 0 Å². The normalized spacial score (nSPS) is 19.5. The molecule has 0 amide bonds. The van der Waals surface area contributed by atoms with Gasteiger partial charge in [0.25, 0.3) is 0 Å². The Hall–Kier alpha value is -2.34. The van der Waals surface area contributed by atoms with Gasteiger partial charge in [-0.1, -0.05) is 49.6 Å². The third-order valence-corrected chi connectivity index (χ3v) is 6.68. The fourth-order valence-corrected chi connectivity index (χ4v) is 4.93. The van der Waals surface area contributed by atoms with Crippen LogP contribution >= 0.6 is 0 Å². The van der Waals surface area contributed by atoms with Crippen LogP contribution in [0.3, 0.4) is 0 Å². The topological polar surface area (TPSA) is 57.5 Å². The molecule has 1 aromatic heterocycles. The molecule has 2 aromatic rings. The largest absolute Gasteiger partial charge is 0.357 e. The Morgan fingerprint density at radius 3 is 2.58 bits per heavy atom. The third-order valence-electron chi connectivity index (χ3n) is 6.68. The van der Waals surface area contributed by atoms with E-state index < -0.39 is 0 Å². The molecule has 2 aliphatic rings. The highest BCUT2D eigenvalue weighted by Crippen LogP contribution is 2.25. The number of imidazole rings is 1. The van der Waals surface area contributed by atoms with E-state index in [1.807, 2.05) is 12.4 Å². The first kappa shape index (κ1) is 21.9. The minimum absolute atomic E-state index is 0.502. The number of hydrogen-bond acceptors (Lipinski definition) is 3. The van der Waals surface area contributed by atoms with Gasteiger partial charge < -0.3 is 20.1 Å². The van der Waals surface area contributed by atoms with Gasteiger partial charge in [0.1, 0.15) is 12.4 Å². The number of likely N-dealkylation sites (tertiary alicyclic amines) is 1. The second-order valence-electron chi connectivity index (χ2n) is 8.90. The zero-order chi connectivity index (χ0) is 21.3. The molecule has 168 valence electrons. The van der Waals surface area contributed by atoms with Crippen LogP contribution in [-0.2, 0) is 13.1 Å². The predicted molar refractivity (Wildman–Crippen MR) is 127 cm³/mol. The first-order valence-corrected chi connectivity index (χ1v) is 12.1. The Morgan fingerprint density at radius 1 is 1.06 bits per heavy atom. The van der Waals surface area contributed by atoms with Crippen LogP contribution in [0.25, 0.3) is 0 Å². The molecular formula is C25H38N6. The highest BCUT2D eigenvalue weighted by atomic mass is 15.2. The summed E-state index contributed by atoms with van der Waals surface area (Å²) in [7, 11) is 0. The molecule has 6 heteroatoms. The van der Waals surface area contributed by atoms with Gasteiger partial charge in [0.2, 0.25) is 0 Å². The van der Waals surface area contributed by atoms with Gasteiger partial charge in [0.15, 0.2) is 5.96 Å². The minimum Gasteiger partial charge on any atom is -0.357 e. The number of benzene rings is 1. The number of aliphatic imine (C=N–C) groups is 1. The Morgan fingerprint density at radius 2 is 1.84 bits per heavy atom. The number of hydrogen-bond donors (Lipinski definition) is 2. The molecule has 1 aliphatic carbocycles. The lowest BCUT2D eigenvalue weighted by atomic mass is 9.92. The Labute approximate surface area is 187 Å². The summed E-state index contributed by atoms with van der Waals surface area (Å²) in [6.45, 7) is 6.82. The number of nitrogens with one attached hydrogen (secondary N) is 2. The lowest BCUT2D eigenvalue weighted by molar-refractivity contribution is 0.119. The first-order chi connectivity index (χ1) is 15.3. The second kappa shape index (κ2) is 11.3. The van der Waals surface area contributed by atoms with Crippen LogP contribution in [0, 0.1) is 0 Å². The molecule has 2 heterocycles. The number of rotatable bonds is 7. The average Bonchev–Trinajstić information content (AvgIpc) is 3.26. The molecule has 1 aliphatic heterocycles. The van der Waals surface area contributed by atoms with Crippen LogP contribution < -0.4 is 10.6 Å². The van der Waals surface area contributed by atoms with Gasteiger partial charge in [-0.3, -0.25) is 0 Å². The number of guanidine groups is 1. The van der Waals surface area contributed by atoms with Crippen LogP contribution in [0.1, 0.15) is 63.3 Å². The van der Waals surface area contributed by atoms with E-state index in [4.69, 9.17) is 4.99 Å². The molecule has 31 heavy (non-hydrogen) atoms. The molecule has 2 N–H and O–H groups in total. The molecule has 2 fully saturated rings. The van der Waals surface area contributed by atoms with Crippen LogP contribution in [-0.4, -0.2) is 52.1 Å². The zero-order valence-electron chi connectivity index (χ0n) is 19.0. The van der Waals surface area contributed by atoms with Gasteiger partial charge in [-0.05, 0) is 38.2 Å². The minimum atomic E-state index is 0.502. The van der Waals surface area contributed by atoms with Crippen molar-refractivity contribution in [2.24, 2.45) is 4.99 Å². The van der Waals surface area contributed by atoms with Gasteiger partial charge in [0.05, 0.1) is 0 Å². The Kier molecular flexibility index (Phi) is 7.99. The van der Waals surface area contributed by atoms with Crippen molar-refractivity contribution in [3.05, 3.63) is 54.1 Å². The fraction of sp³-hybridized carbons (Fsp3) is 0.600. The Bertz CT molecular complexity index is 800. The van der Waals surface area contributed by atoms with Gasteiger partial charge in [-0.15, -0.1) is 0 Å². The molecule has 0 bridgehead atoms. The molecule has 1 saturated heterocycles. The summed E-state index contributed by atoms with van der Waals surface area (Å²) < 4.78 is 2.19. The van der Waals surface area contributed by atoms with E-state index in [1.54, 1.807) is 0 Å². The van der Waals surface area contributed by atoms with Gasteiger partial charge >= 0.3 is 0 Å². The molecule has 1 aromatic carbocycles. The predicted octanol–water partition coefficient (Wildman–Crippen LogP) is 3.78. The van der Waals surface area contributed by atoms with Gasteiger partial charge in [-0.25, -0.2) is 9.98 Å². The van der Waals surface area contributed by atoms with E-state index in [0.29, 0.717) is 12.6 Å². The number of piperidine rings is 1. The Balaban J connectivity index is 1.30. The fourth-order valence-electron chi connectivity index (χ4n) is 4.93. The van der Waals surface area contributed by atoms with Crippen LogP contribution in [0.15, 0.2) is 47.7 Å². The average molecular weight is 423 g/mol. The lowest BCUT2D eigenvalue weighted by Gasteiger charge is -2.39. The number of nitrogens with zero attached hydrogens (tertiary/aromatic N) is 4. The zero-order valence-corrected chi connectivity index (χ0v) is 19.0. The molecule has 0 atom stereocenters. The molecular weight excluding hydrogens is 384 g/mol. The maximum Gasteiger partial charge on any atom is 0.191 e. The van der Waals surface area contributed by atoms with Crippen molar-refractivity contribution in [2.45, 2.75) is 77.0 Å². The van der Waals surface area contributed by atoms with Gasteiger partial charge in [-0.2, -0.15) is 0 Å². The monoisotopic (exact) mass is 422 g/mol. The molecule has 0 unspecified atom stereocenters. The van der Waals surface area contributed by atoms with E-state index in [0.717, 1.165) is 30.9 Å². The van der Waals surface area contributed by atoms with Crippen molar-refractivity contribution >= 4 is 5.96 Å². The lowest BCUT2D eigenvalue weighted by Crippen LogP contribution is -2.51. The third kappa shape index (κ3) is 6.33. The molecule has 0 spiro atoms. The summed E-state index contributed by atoms with van der Waals surface area (Å²) in [6, 6.07) is 11.8. The van der Waals surface area contributed by atoms with E-state index >= 15 is 0 Å². The van der Waals surface area contributed by atoms with Crippen LogP contribution in [0.5, 0.6) is 0 Å². The first-order valence-electron chi connectivity index (χ1n) is 12.1. The number of aromatic nitrogens is 2. The molecule has 1 saturated carbocycles. The molecule has 0 radical (unpaired) electrons. The highest BCUT2D eigenvalue weighted by molar-refractivity contribution is 5.80. The maximum absolute atomic E-state index is 4.86. The maximum atomic E-state index is 4.86. The summed E-state index contributed by atoms with van der Waals surface area (Å²) in [5, 5.41) is 7.11. The SMILES string of the molecule is CCNC(=NCc1nccn1Cc1ccccc1)NC1CCN(C2CCCCC2)CC1. The summed E-state index contributed by atoms with van der Waals surface area (Å²) in [5.74, 6) is 1.90. The van der Waals surface area contributed by atoms with Crippen LogP contribution in [0.4, 0.5) is 0 Å².